The molecule has 3 aromatic heterocycles. The Morgan fingerprint density at radius 1 is 1.03 bits per heavy atom. The van der Waals surface area contributed by atoms with E-state index in [0.29, 0.717) is 25.1 Å². The second-order valence-electron chi connectivity index (χ2n) is 10.0. The number of likely N-dealkylation sites (N-methyl/N-ethyl adjacent to an activating group) is 1. The van der Waals surface area contributed by atoms with E-state index in [2.05, 4.69) is 32.1 Å². The van der Waals surface area contributed by atoms with Crippen molar-refractivity contribution in [2.24, 2.45) is 0 Å². The maximum atomic E-state index is 10.0. The third-order valence-electron chi connectivity index (χ3n) is 7.36. The molecule has 190 valence electrons. The predicted octanol–water partition coefficient (Wildman–Crippen LogP) is 2.75. The lowest BCUT2D eigenvalue weighted by molar-refractivity contribution is 0.122. The third kappa shape index (κ3) is 5.01. The van der Waals surface area contributed by atoms with Crippen molar-refractivity contribution in [3.8, 4) is 11.6 Å². The van der Waals surface area contributed by atoms with Crippen LogP contribution in [0.25, 0.3) is 10.9 Å². The van der Waals surface area contributed by atoms with E-state index in [1.54, 1.807) is 6.07 Å². The Kier molecular flexibility index (Phi) is 6.45. The van der Waals surface area contributed by atoms with Crippen LogP contribution in [-0.4, -0.2) is 82.0 Å². The average Bonchev–Trinajstić information content (AvgIpc) is 2.90. The number of aromatic hydroxyl groups is 1. The summed E-state index contributed by atoms with van der Waals surface area (Å²) in [7, 11) is 2.13. The molecular formula is C26H33N7O3. The van der Waals surface area contributed by atoms with E-state index in [4.69, 9.17) is 19.4 Å². The van der Waals surface area contributed by atoms with Crippen LogP contribution < -0.4 is 15.0 Å². The Morgan fingerprint density at radius 3 is 2.69 bits per heavy atom. The molecule has 0 atom stereocenters. The Bertz CT molecular complexity index is 1230. The third-order valence-corrected chi connectivity index (χ3v) is 7.36. The normalized spacial score (nSPS) is 22.9. The van der Waals surface area contributed by atoms with Crippen LogP contribution in [0, 0.1) is 0 Å². The predicted molar refractivity (Wildman–Crippen MR) is 137 cm³/mol. The van der Waals surface area contributed by atoms with Crippen molar-refractivity contribution in [1.29, 1.82) is 0 Å². The van der Waals surface area contributed by atoms with Crippen LogP contribution in [0.4, 0.5) is 11.8 Å². The van der Waals surface area contributed by atoms with Gasteiger partial charge in [0.25, 0.3) is 0 Å². The first-order valence-corrected chi connectivity index (χ1v) is 12.9. The Morgan fingerprint density at radius 2 is 1.86 bits per heavy atom. The number of hydrogen-bond acceptors (Lipinski definition) is 10. The SMILES string of the molecule is CN1CCc2nc(NC3CCC(Oc4nc(N5CCOCC5)cc5ncc(O)cc45)CC3)ncc2C1. The zero-order chi connectivity index (χ0) is 24.5. The number of hydrogen-bond donors (Lipinski definition) is 2. The first-order valence-electron chi connectivity index (χ1n) is 12.9. The van der Waals surface area contributed by atoms with Crippen molar-refractivity contribution in [2.75, 3.05) is 50.1 Å². The molecule has 36 heavy (non-hydrogen) atoms. The van der Waals surface area contributed by atoms with Crippen LogP contribution >= 0.6 is 0 Å². The molecule has 0 unspecified atom stereocenters. The minimum Gasteiger partial charge on any atom is -0.506 e. The number of pyridine rings is 2. The highest BCUT2D eigenvalue weighted by molar-refractivity contribution is 5.86. The maximum absolute atomic E-state index is 10.0. The van der Waals surface area contributed by atoms with E-state index in [1.807, 2.05) is 12.3 Å². The number of ether oxygens (including phenoxy) is 2. The van der Waals surface area contributed by atoms with Gasteiger partial charge >= 0.3 is 0 Å². The number of rotatable bonds is 5. The lowest BCUT2D eigenvalue weighted by atomic mass is 9.93. The summed E-state index contributed by atoms with van der Waals surface area (Å²) < 4.78 is 11.9. The molecule has 2 N–H and O–H groups in total. The van der Waals surface area contributed by atoms with Gasteiger partial charge in [-0.05, 0) is 38.8 Å². The molecule has 2 aliphatic heterocycles. The first-order chi connectivity index (χ1) is 17.6. The zero-order valence-corrected chi connectivity index (χ0v) is 20.7. The van der Waals surface area contributed by atoms with Gasteiger partial charge in [0.2, 0.25) is 11.8 Å². The number of nitrogens with one attached hydrogen (secondary N) is 1. The summed E-state index contributed by atoms with van der Waals surface area (Å²) in [5.74, 6) is 2.22. The highest BCUT2D eigenvalue weighted by Gasteiger charge is 2.26. The van der Waals surface area contributed by atoms with E-state index >= 15 is 0 Å². The van der Waals surface area contributed by atoms with E-state index in [0.717, 1.165) is 86.6 Å². The molecule has 10 nitrogen and oxygen atoms in total. The van der Waals surface area contributed by atoms with Gasteiger partial charge in [0.05, 0.1) is 36.0 Å². The van der Waals surface area contributed by atoms with Crippen LogP contribution in [0.15, 0.2) is 24.5 Å². The number of aromatic nitrogens is 4. The molecule has 6 rings (SSSR count). The lowest BCUT2D eigenvalue weighted by Gasteiger charge is -2.31. The van der Waals surface area contributed by atoms with Crippen molar-refractivity contribution < 1.29 is 14.6 Å². The number of nitrogens with zero attached hydrogens (tertiary/aromatic N) is 6. The highest BCUT2D eigenvalue weighted by atomic mass is 16.5. The van der Waals surface area contributed by atoms with Crippen LogP contribution in [0.5, 0.6) is 11.6 Å². The summed E-state index contributed by atoms with van der Waals surface area (Å²) in [5, 5.41) is 14.3. The minimum absolute atomic E-state index is 0.0565. The fourth-order valence-corrected chi connectivity index (χ4v) is 5.31. The molecule has 10 heteroatoms. The summed E-state index contributed by atoms with van der Waals surface area (Å²) in [5.41, 5.74) is 3.16. The van der Waals surface area contributed by atoms with Crippen LogP contribution in [0.3, 0.4) is 0 Å². The van der Waals surface area contributed by atoms with Crippen molar-refractivity contribution in [1.82, 2.24) is 24.8 Å². The smallest absolute Gasteiger partial charge is 0.225 e. The molecule has 5 heterocycles. The molecule has 0 radical (unpaired) electrons. The van der Waals surface area contributed by atoms with E-state index in [-0.39, 0.29) is 11.9 Å². The summed E-state index contributed by atoms with van der Waals surface area (Å²) >= 11 is 0. The largest absolute Gasteiger partial charge is 0.506 e. The zero-order valence-electron chi connectivity index (χ0n) is 20.7. The summed E-state index contributed by atoms with van der Waals surface area (Å²) in [6.45, 7) is 4.89. The maximum Gasteiger partial charge on any atom is 0.225 e. The molecule has 3 aromatic rings. The standard InChI is InChI=1S/C26H33N7O3/c1-32-7-6-22-17(16-32)14-28-26(30-22)29-18-2-4-20(5-3-18)36-25-21-12-19(34)15-27-23(21)13-24(31-25)33-8-10-35-11-9-33/h12-15,18,20,34H,2-11,16H2,1H3,(H,28,29,30). The van der Waals surface area contributed by atoms with Crippen LogP contribution in [0.2, 0.25) is 0 Å². The molecule has 0 spiro atoms. The van der Waals surface area contributed by atoms with Gasteiger partial charge in [-0.1, -0.05) is 0 Å². The van der Waals surface area contributed by atoms with Crippen LogP contribution in [0.1, 0.15) is 36.9 Å². The number of fused-ring (bicyclic) bond motifs is 2. The molecule has 2 fully saturated rings. The van der Waals surface area contributed by atoms with E-state index < -0.39 is 0 Å². The van der Waals surface area contributed by atoms with Gasteiger partial charge in [-0.25, -0.2) is 9.97 Å². The molecule has 1 aliphatic carbocycles. The van der Waals surface area contributed by atoms with Gasteiger partial charge in [-0.3, -0.25) is 4.98 Å². The number of morpholine rings is 1. The fraction of sp³-hybridized carbons (Fsp3) is 0.538. The van der Waals surface area contributed by atoms with Gasteiger partial charge in [0, 0.05) is 56.5 Å². The second kappa shape index (κ2) is 10.0. The van der Waals surface area contributed by atoms with Crippen molar-refractivity contribution in [3.05, 3.63) is 35.8 Å². The number of anilines is 2. The topological polar surface area (TPSA) is 109 Å². The Balaban J connectivity index is 1.13. The van der Waals surface area contributed by atoms with Gasteiger partial charge < -0.3 is 29.7 Å². The quantitative estimate of drug-likeness (QED) is 0.553. The minimum atomic E-state index is 0.0565. The molecule has 0 amide bonds. The van der Waals surface area contributed by atoms with Gasteiger partial charge in [-0.2, -0.15) is 4.98 Å². The summed E-state index contributed by atoms with van der Waals surface area (Å²) in [6.07, 6.45) is 8.22. The summed E-state index contributed by atoms with van der Waals surface area (Å²) in [4.78, 5) is 23.1. The van der Waals surface area contributed by atoms with Crippen LogP contribution in [-0.2, 0) is 17.7 Å². The monoisotopic (exact) mass is 491 g/mol. The van der Waals surface area contributed by atoms with Crippen molar-refractivity contribution >= 4 is 22.7 Å². The van der Waals surface area contributed by atoms with Crippen molar-refractivity contribution in [3.63, 3.8) is 0 Å². The van der Waals surface area contributed by atoms with E-state index in [1.165, 1.54) is 11.8 Å². The average molecular weight is 492 g/mol. The second-order valence-corrected chi connectivity index (χ2v) is 10.0. The van der Waals surface area contributed by atoms with E-state index in [9.17, 15) is 5.11 Å². The van der Waals surface area contributed by atoms with Crippen molar-refractivity contribution in [2.45, 2.75) is 50.8 Å². The molecule has 3 aliphatic rings. The Hall–Kier alpha value is -3.24. The molecular weight excluding hydrogens is 458 g/mol. The highest BCUT2D eigenvalue weighted by Crippen LogP contribution is 2.33. The fourth-order valence-electron chi connectivity index (χ4n) is 5.31. The molecule has 1 saturated heterocycles. The molecule has 0 aromatic carbocycles. The van der Waals surface area contributed by atoms with Gasteiger partial charge in [0.1, 0.15) is 17.7 Å². The Labute approximate surface area is 210 Å². The first kappa shape index (κ1) is 23.2. The lowest BCUT2D eigenvalue weighted by Crippen LogP contribution is -2.37. The van der Waals surface area contributed by atoms with Gasteiger partial charge in [0.15, 0.2) is 0 Å². The summed E-state index contributed by atoms with van der Waals surface area (Å²) in [6, 6.07) is 3.97. The molecule has 0 bridgehead atoms. The van der Waals surface area contributed by atoms with Gasteiger partial charge in [-0.15, -0.1) is 0 Å². The molecule has 1 saturated carbocycles.